The molecule has 1 N–H and O–H groups in total. The van der Waals surface area contributed by atoms with Crippen molar-refractivity contribution in [2.24, 2.45) is 0 Å². The van der Waals surface area contributed by atoms with Gasteiger partial charge in [0.1, 0.15) is 17.3 Å². The molecule has 1 saturated heterocycles. The number of aryl methyl sites for hydroxylation is 1. The summed E-state index contributed by atoms with van der Waals surface area (Å²) < 4.78 is 15.0. The van der Waals surface area contributed by atoms with Crippen LogP contribution in [0, 0.1) is 6.92 Å². The standard InChI is InChI=1S/C24H20N2O7/c1-13-11-18(25-33-13)26-20(14-7-9-15(10-8-14)24(30)32-3)19(22(28)23(26)29)21(27)16-5-4-6-17(12-16)31-2/h4-12,20,27H,1-3H3/t20-/m1/s1. The van der Waals surface area contributed by atoms with Gasteiger partial charge >= 0.3 is 11.9 Å². The molecule has 1 amide bonds. The van der Waals surface area contributed by atoms with Gasteiger partial charge < -0.3 is 19.1 Å². The molecule has 1 atom stereocenters. The van der Waals surface area contributed by atoms with Crippen molar-refractivity contribution in [2.45, 2.75) is 13.0 Å². The van der Waals surface area contributed by atoms with E-state index in [4.69, 9.17) is 14.0 Å². The Morgan fingerprint density at radius 1 is 1.06 bits per heavy atom. The number of aliphatic hydroxyl groups excluding tert-OH is 1. The first-order valence-electron chi connectivity index (χ1n) is 9.92. The van der Waals surface area contributed by atoms with E-state index in [2.05, 4.69) is 5.16 Å². The van der Waals surface area contributed by atoms with Gasteiger partial charge in [-0.25, -0.2) is 4.79 Å². The van der Waals surface area contributed by atoms with Crippen LogP contribution in [0.25, 0.3) is 5.76 Å². The van der Waals surface area contributed by atoms with E-state index in [0.29, 0.717) is 28.2 Å². The summed E-state index contributed by atoms with van der Waals surface area (Å²) in [5, 5.41) is 15.0. The van der Waals surface area contributed by atoms with Crippen LogP contribution >= 0.6 is 0 Å². The summed E-state index contributed by atoms with van der Waals surface area (Å²) in [6.07, 6.45) is 0. The van der Waals surface area contributed by atoms with Crippen LogP contribution in [0.5, 0.6) is 5.75 Å². The summed E-state index contributed by atoms with van der Waals surface area (Å²) in [5.74, 6) is -1.59. The number of hydrogen-bond donors (Lipinski definition) is 1. The fraction of sp³-hybridized carbons (Fsp3) is 0.167. The predicted octanol–water partition coefficient (Wildman–Crippen LogP) is 3.40. The Morgan fingerprint density at radius 2 is 1.79 bits per heavy atom. The van der Waals surface area contributed by atoms with Gasteiger partial charge in [0.2, 0.25) is 0 Å². The van der Waals surface area contributed by atoms with Crippen molar-refractivity contribution < 1.29 is 33.5 Å². The highest BCUT2D eigenvalue weighted by Crippen LogP contribution is 2.42. The minimum atomic E-state index is -1.01. The maximum atomic E-state index is 13.1. The molecule has 0 saturated carbocycles. The Labute approximate surface area is 188 Å². The number of carbonyl (C=O) groups is 3. The van der Waals surface area contributed by atoms with Gasteiger partial charge in [-0.2, -0.15) is 0 Å². The molecule has 1 aliphatic rings. The molecule has 0 unspecified atom stereocenters. The summed E-state index contributed by atoms with van der Waals surface area (Å²) in [5.41, 5.74) is 0.954. The normalized spacial score (nSPS) is 17.3. The van der Waals surface area contributed by atoms with Crippen LogP contribution < -0.4 is 9.64 Å². The Kier molecular flexibility index (Phi) is 5.70. The third-order valence-corrected chi connectivity index (χ3v) is 5.30. The summed E-state index contributed by atoms with van der Waals surface area (Å²) in [4.78, 5) is 39.1. The first-order chi connectivity index (χ1) is 15.8. The molecule has 0 bridgehead atoms. The number of amides is 1. The highest BCUT2D eigenvalue weighted by molar-refractivity contribution is 6.51. The second-order valence-corrected chi connectivity index (χ2v) is 7.31. The fourth-order valence-electron chi connectivity index (χ4n) is 3.70. The molecule has 0 aliphatic carbocycles. The van der Waals surface area contributed by atoms with Crippen molar-refractivity contribution in [3.8, 4) is 5.75 Å². The van der Waals surface area contributed by atoms with Gasteiger partial charge in [0.25, 0.3) is 5.78 Å². The van der Waals surface area contributed by atoms with E-state index in [0.717, 1.165) is 4.90 Å². The number of aromatic nitrogens is 1. The minimum Gasteiger partial charge on any atom is -0.507 e. The monoisotopic (exact) mass is 448 g/mol. The predicted molar refractivity (Wildman–Crippen MR) is 117 cm³/mol. The number of carbonyl (C=O) groups excluding carboxylic acids is 3. The van der Waals surface area contributed by atoms with Crippen LogP contribution in [-0.4, -0.2) is 42.1 Å². The molecular formula is C24H20N2O7. The Hall–Kier alpha value is -4.40. The molecule has 9 nitrogen and oxygen atoms in total. The number of Topliss-reactive ketones (excluding diaryl/α,β-unsaturated/α-hetero) is 1. The zero-order valence-corrected chi connectivity index (χ0v) is 18.1. The molecule has 2 heterocycles. The molecule has 33 heavy (non-hydrogen) atoms. The highest BCUT2D eigenvalue weighted by atomic mass is 16.5. The first-order valence-corrected chi connectivity index (χ1v) is 9.92. The number of aliphatic hydroxyl groups is 1. The fourth-order valence-corrected chi connectivity index (χ4v) is 3.70. The third-order valence-electron chi connectivity index (χ3n) is 5.30. The average Bonchev–Trinajstić information content (AvgIpc) is 3.38. The minimum absolute atomic E-state index is 0.125. The maximum absolute atomic E-state index is 13.1. The lowest BCUT2D eigenvalue weighted by Gasteiger charge is -2.23. The maximum Gasteiger partial charge on any atom is 0.337 e. The number of benzene rings is 2. The number of ketones is 1. The van der Waals surface area contributed by atoms with Gasteiger partial charge in [-0.15, -0.1) is 0 Å². The second-order valence-electron chi connectivity index (χ2n) is 7.31. The van der Waals surface area contributed by atoms with Crippen molar-refractivity contribution in [2.75, 3.05) is 19.1 Å². The SMILES string of the molecule is COC(=O)c1ccc([C@@H]2C(=C(O)c3cccc(OC)c3)C(=O)C(=O)N2c2cc(C)on2)cc1. The Bertz CT molecular complexity index is 1270. The lowest BCUT2D eigenvalue weighted by molar-refractivity contribution is -0.132. The van der Waals surface area contributed by atoms with Gasteiger partial charge in [0, 0.05) is 11.6 Å². The quantitative estimate of drug-likeness (QED) is 0.273. The van der Waals surface area contributed by atoms with Crippen molar-refractivity contribution in [3.63, 3.8) is 0 Å². The molecule has 168 valence electrons. The highest BCUT2D eigenvalue weighted by Gasteiger charge is 2.48. The molecular weight excluding hydrogens is 428 g/mol. The van der Waals surface area contributed by atoms with E-state index < -0.39 is 23.7 Å². The molecule has 3 aromatic rings. The molecule has 9 heteroatoms. The van der Waals surface area contributed by atoms with E-state index in [1.54, 1.807) is 43.3 Å². The van der Waals surface area contributed by atoms with Gasteiger partial charge in [-0.3, -0.25) is 14.5 Å². The molecule has 1 aliphatic heterocycles. The summed E-state index contributed by atoms with van der Waals surface area (Å²) in [6, 6.07) is 13.2. The lowest BCUT2D eigenvalue weighted by Crippen LogP contribution is -2.29. The number of ether oxygens (including phenoxy) is 2. The van der Waals surface area contributed by atoms with Crippen LogP contribution in [0.3, 0.4) is 0 Å². The number of methoxy groups -OCH3 is 2. The van der Waals surface area contributed by atoms with E-state index >= 15 is 0 Å². The zero-order valence-electron chi connectivity index (χ0n) is 18.1. The van der Waals surface area contributed by atoms with Crippen molar-refractivity contribution in [1.82, 2.24) is 5.16 Å². The number of hydrogen-bond acceptors (Lipinski definition) is 8. The van der Waals surface area contributed by atoms with Gasteiger partial charge in [0.15, 0.2) is 5.82 Å². The molecule has 0 radical (unpaired) electrons. The number of rotatable bonds is 5. The smallest absolute Gasteiger partial charge is 0.337 e. The van der Waals surface area contributed by atoms with Crippen molar-refractivity contribution in [3.05, 3.63) is 82.6 Å². The van der Waals surface area contributed by atoms with Crippen LogP contribution in [-0.2, 0) is 14.3 Å². The van der Waals surface area contributed by atoms with Crippen molar-refractivity contribution >= 4 is 29.2 Å². The van der Waals surface area contributed by atoms with E-state index in [-0.39, 0.29) is 17.2 Å². The van der Waals surface area contributed by atoms with Crippen LogP contribution in [0.4, 0.5) is 5.82 Å². The van der Waals surface area contributed by atoms with Crippen LogP contribution in [0.1, 0.15) is 33.3 Å². The van der Waals surface area contributed by atoms with Crippen LogP contribution in [0.2, 0.25) is 0 Å². The summed E-state index contributed by atoms with van der Waals surface area (Å²) in [7, 11) is 2.75. The molecule has 2 aromatic carbocycles. The Morgan fingerprint density at radius 3 is 2.39 bits per heavy atom. The molecule has 4 rings (SSSR count). The average molecular weight is 448 g/mol. The molecule has 1 aromatic heterocycles. The first kappa shape index (κ1) is 21.8. The molecule has 0 spiro atoms. The van der Waals surface area contributed by atoms with E-state index in [1.807, 2.05) is 0 Å². The largest absolute Gasteiger partial charge is 0.507 e. The van der Waals surface area contributed by atoms with E-state index in [9.17, 15) is 19.5 Å². The lowest BCUT2D eigenvalue weighted by atomic mass is 9.94. The molecule has 1 fully saturated rings. The van der Waals surface area contributed by atoms with Crippen LogP contribution in [0.15, 0.2) is 64.7 Å². The number of anilines is 1. The summed E-state index contributed by atoms with van der Waals surface area (Å²) in [6.45, 7) is 1.66. The third kappa shape index (κ3) is 3.84. The van der Waals surface area contributed by atoms with Gasteiger partial charge in [0.05, 0.1) is 31.4 Å². The van der Waals surface area contributed by atoms with E-state index in [1.165, 1.54) is 32.4 Å². The topological polar surface area (TPSA) is 119 Å². The van der Waals surface area contributed by atoms with Gasteiger partial charge in [-0.1, -0.05) is 29.4 Å². The van der Waals surface area contributed by atoms with Crippen molar-refractivity contribution in [1.29, 1.82) is 0 Å². The number of nitrogens with zero attached hydrogens (tertiary/aromatic N) is 2. The van der Waals surface area contributed by atoms with Gasteiger partial charge in [-0.05, 0) is 36.8 Å². The number of esters is 1. The Balaban J connectivity index is 1.91. The zero-order chi connectivity index (χ0) is 23.7. The second kappa shape index (κ2) is 8.62. The summed E-state index contributed by atoms with van der Waals surface area (Å²) >= 11 is 0.